The van der Waals surface area contributed by atoms with Gasteiger partial charge in [0.2, 0.25) is 0 Å². The zero-order valence-electron chi connectivity index (χ0n) is 18.6. The smallest absolute Gasteiger partial charge is 0.127 e. The second kappa shape index (κ2) is 9.35. The first-order chi connectivity index (χ1) is 15.2. The number of methoxy groups -OCH3 is 1. The summed E-state index contributed by atoms with van der Waals surface area (Å²) in [5.41, 5.74) is 5.13. The summed E-state index contributed by atoms with van der Waals surface area (Å²) in [6.07, 6.45) is 9.39. The molecule has 0 aromatic heterocycles. The van der Waals surface area contributed by atoms with Crippen molar-refractivity contribution in [3.05, 3.63) is 94.9 Å². The third-order valence-corrected chi connectivity index (χ3v) is 6.65. The van der Waals surface area contributed by atoms with Crippen molar-refractivity contribution in [1.82, 2.24) is 4.90 Å². The maximum Gasteiger partial charge on any atom is 0.127 e. The molecule has 166 valence electrons. The molecule has 0 saturated carbocycles. The number of hydrogen-bond acceptors (Lipinski definition) is 4. The van der Waals surface area contributed by atoms with Gasteiger partial charge in [-0.25, -0.2) is 0 Å². The molecule has 0 bridgehead atoms. The van der Waals surface area contributed by atoms with E-state index in [4.69, 9.17) is 14.5 Å². The van der Waals surface area contributed by atoms with Crippen molar-refractivity contribution >= 4 is 18.6 Å². The summed E-state index contributed by atoms with van der Waals surface area (Å²) in [4.78, 5) is 7.50. The topological polar surface area (TPSA) is 34.1 Å². The molecule has 32 heavy (non-hydrogen) atoms. The summed E-state index contributed by atoms with van der Waals surface area (Å²) in [5.74, 6) is 2.64. The number of ether oxygens (including phenoxy) is 2. The van der Waals surface area contributed by atoms with Crippen molar-refractivity contribution in [3.63, 3.8) is 0 Å². The Hall–Kier alpha value is -2.82. The lowest BCUT2D eigenvalue weighted by Gasteiger charge is -2.43. The molecule has 2 aromatic rings. The predicted molar refractivity (Wildman–Crippen MR) is 132 cm³/mol. The zero-order chi connectivity index (χ0) is 21.3. The Morgan fingerprint density at radius 3 is 2.56 bits per heavy atom. The van der Waals surface area contributed by atoms with E-state index in [0.29, 0.717) is 0 Å². The van der Waals surface area contributed by atoms with Crippen molar-refractivity contribution in [2.75, 3.05) is 20.2 Å². The summed E-state index contributed by atoms with van der Waals surface area (Å²) < 4.78 is 11.4. The highest BCUT2D eigenvalue weighted by Gasteiger charge is 2.50. The highest BCUT2D eigenvalue weighted by atomic mass is 35.5. The number of halogens is 1. The molecule has 1 fully saturated rings. The van der Waals surface area contributed by atoms with Crippen molar-refractivity contribution < 1.29 is 9.47 Å². The third-order valence-electron chi connectivity index (χ3n) is 6.65. The molecule has 2 heterocycles. The van der Waals surface area contributed by atoms with Crippen molar-refractivity contribution in [2.45, 2.75) is 31.7 Å². The molecule has 5 rings (SSSR count). The summed E-state index contributed by atoms with van der Waals surface area (Å²) in [6.45, 7) is 4.26. The van der Waals surface area contributed by atoms with E-state index in [9.17, 15) is 0 Å². The fourth-order valence-electron chi connectivity index (χ4n) is 5.04. The van der Waals surface area contributed by atoms with Gasteiger partial charge >= 0.3 is 0 Å². The Balaban J connectivity index is 0.00000245. The van der Waals surface area contributed by atoms with Crippen molar-refractivity contribution in [2.24, 2.45) is 4.99 Å². The largest absolute Gasteiger partial charge is 0.497 e. The average Bonchev–Trinajstić information content (AvgIpc) is 3.18. The minimum Gasteiger partial charge on any atom is -0.497 e. The molecule has 0 N–H and O–H groups in total. The third kappa shape index (κ3) is 4.01. The summed E-state index contributed by atoms with van der Waals surface area (Å²) in [7, 11) is 1.71. The van der Waals surface area contributed by atoms with Gasteiger partial charge in [0.25, 0.3) is 0 Å². The molecule has 2 aliphatic heterocycles. The molecule has 1 spiro atoms. The van der Waals surface area contributed by atoms with E-state index in [1.54, 1.807) is 7.11 Å². The van der Waals surface area contributed by atoms with E-state index in [0.717, 1.165) is 55.3 Å². The molecule has 1 atom stereocenters. The average molecular weight is 449 g/mol. The lowest BCUT2D eigenvalue weighted by molar-refractivity contribution is 0.192. The molecule has 1 saturated heterocycles. The Morgan fingerprint density at radius 1 is 1.03 bits per heavy atom. The van der Waals surface area contributed by atoms with Crippen LogP contribution in [0.3, 0.4) is 0 Å². The van der Waals surface area contributed by atoms with E-state index in [2.05, 4.69) is 36.1 Å². The molecule has 2 aromatic carbocycles. The van der Waals surface area contributed by atoms with Crippen LogP contribution < -0.4 is 9.47 Å². The van der Waals surface area contributed by atoms with Crippen LogP contribution in [0.4, 0.5) is 0 Å². The van der Waals surface area contributed by atoms with Crippen LogP contribution in [-0.4, -0.2) is 36.9 Å². The van der Waals surface area contributed by atoms with Gasteiger partial charge in [0.05, 0.1) is 18.3 Å². The lowest BCUT2D eigenvalue weighted by Crippen LogP contribution is -2.49. The number of aliphatic imine (C=N–C) groups is 1. The Kier molecular flexibility index (Phi) is 6.54. The Morgan fingerprint density at radius 2 is 1.81 bits per heavy atom. The van der Waals surface area contributed by atoms with E-state index in [1.807, 2.05) is 48.7 Å². The van der Waals surface area contributed by atoms with Crippen LogP contribution in [0.2, 0.25) is 0 Å². The maximum absolute atomic E-state index is 6.13. The first kappa shape index (κ1) is 22.4. The normalized spacial score (nSPS) is 21.8. The van der Waals surface area contributed by atoms with Crippen LogP contribution in [0.15, 0.2) is 94.3 Å². The van der Waals surface area contributed by atoms with E-state index >= 15 is 0 Å². The van der Waals surface area contributed by atoms with E-state index in [-0.39, 0.29) is 17.9 Å². The van der Waals surface area contributed by atoms with Crippen LogP contribution in [0, 0.1) is 0 Å². The number of dihydropyridines is 1. The molecule has 4 nitrogen and oxygen atoms in total. The Labute approximate surface area is 196 Å². The van der Waals surface area contributed by atoms with Gasteiger partial charge in [-0.05, 0) is 73.2 Å². The van der Waals surface area contributed by atoms with E-state index < -0.39 is 0 Å². The fourth-order valence-corrected chi connectivity index (χ4v) is 5.04. The molecule has 1 unspecified atom stereocenters. The SMILES string of the molecule is COc1ccc(CCN2CCC3=C(C)C=NC4=CC(Oc5ccccc5)=CCC432)cc1.Cl. The van der Waals surface area contributed by atoms with Crippen LogP contribution in [-0.2, 0) is 6.42 Å². The molecule has 1 aliphatic carbocycles. The maximum atomic E-state index is 6.13. The number of benzene rings is 2. The molecular formula is C27H29ClN2O2. The first-order valence-corrected chi connectivity index (χ1v) is 11.0. The number of para-hydroxylation sites is 1. The second-order valence-corrected chi connectivity index (χ2v) is 8.37. The van der Waals surface area contributed by atoms with Crippen LogP contribution in [0.1, 0.15) is 25.3 Å². The van der Waals surface area contributed by atoms with Gasteiger partial charge in [0.15, 0.2) is 0 Å². The van der Waals surface area contributed by atoms with Gasteiger partial charge in [-0.3, -0.25) is 9.89 Å². The zero-order valence-corrected chi connectivity index (χ0v) is 19.4. The summed E-state index contributed by atoms with van der Waals surface area (Å²) in [5, 5.41) is 0. The molecular weight excluding hydrogens is 420 g/mol. The highest BCUT2D eigenvalue weighted by Crippen LogP contribution is 2.49. The lowest BCUT2D eigenvalue weighted by atomic mass is 9.77. The minimum atomic E-state index is -0.130. The standard InChI is InChI=1S/C27H28N2O2.ClH/c1-20-19-28-26-18-24(31-23-6-4-3-5-7-23)12-15-27(26)25(20)14-17-29(27)16-13-21-8-10-22(30-2)11-9-21;/h3-12,18-19H,13-17H2,1-2H3;1H. The van der Waals surface area contributed by atoms with Gasteiger partial charge in [0.1, 0.15) is 17.3 Å². The monoisotopic (exact) mass is 448 g/mol. The van der Waals surface area contributed by atoms with Gasteiger partial charge < -0.3 is 9.47 Å². The summed E-state index contributed by atoms with van der Waals surface area (Å²) in [6, 6.07) is 18.4. The molecule has 3 aliphatic rings. The second-order valence-electron chi connectivity index (χ2n) is 8.37. The van der Waals surface area contributed by atoms with Crippen LogP contribution in [0.5, 0.6) is 11.5 Å². The van der Waals surface area contributed by atoms with Gasteiger partial charge in [0, 0.05) is 25.4 Å². The molecule has 0 amide bonds. The summed E-state index contributed by atoms with van der Waals surface area (Å²) >= 11 is 0. The first-order valence-electron chi connectivity index (χ1n) is 11.0. The number of likely N-dealkylation sites (tertiary alicyclic amines) is 1. The van der Waals surface area contributed by atoms with Crippen LogP contribution >= 0.6 is 12.4 Å². The van der Waals surface area contributed by atoms with Crippen molar-refractivity contribution in [3.8, 4) is 11.5 Å². The molecule has 0 radical (unpaired) electrons. The van der Waals surface area contributed by atoms with Gasteiger partial charge in [-0.2, -0.15) is 0 Å². The van der Waals surface area contributed by atoms with Crippen LogP contribution in [0.25, 0.3) is 0 Å². The number of hydrogen-bond donors (Lipinski definition) is 0. The van der Waals surface area contributed by atoms with Gasteiger partial charge in [-0.1, -0.05) is 30.3 Å². The predicted octanol–water partition coefficient (Wildman–Crippen LogP) is 5.76. The number of allylic oxidation sites excluding steroid dienone is 2. The highest BCUT2D eigenvalue weighted by molar-refractivity contribution is 5.85. The minimum absolute atomic E-state index is 0. The van der Waals surface area contributed by atoms with Gasteiger partial charge in [-0.15, -0.1) is 12.4 Å². The van der Waals surface area contributed by atoms with E-state index in [1.165, 1.54) is 16.7 Å². The molecule has 5 heteroatoms. The van der Waals surface area contributed by atoms with Crippen molar-refractivity contribution in [1.29, 1.82) is 0 Å². The quantitative estimate of drug-likeness (QED) is 0.563. The number of nitrogens with zero attached hydrogens (tertiary/aromatic N) is 2. The Bertz CT molecular complexity index is 1090. The fraction of sp³-hybridized carbons (Fsp3) is 0.296. The number of rotatable bonds is 6.